The van der Waals surface area contributed by atoms with Crippen molar-refractivity contribution in [2.24, 2.45) is 0 Å². The first kappa shape index (κ1) is 11.6. The standard InChI is InChI=1S/C13H17N3O2/c17-8-10-9-18-6-5-16(10)7-13-14-11-3-1-2-4-12(11)15-13/h1-4,10,17H,5-9H2,(H,14,15). The van der Waals surface area contributed by atoms with Gasteiger partial charge in [0.25, 0.3) is 0 Å². The van der Waals surface area contributed by atoms with Gasteiger partial charge in [0.1, 0.15) is 5.82 Å². The predicted octanol–water partition coefficient (Wildman–Crippen LogP) is 0.756. The molecule has 1 unspecified atom stereocenters. The van der Waals surface area contributed by atoms with Crippen LogP contribution in [0.3, 0.4) is 0 Å². The third-order valence-corrected chi connectivity index (χ3v) is 3.35. The van der Waals surface area contributed by atoms with E-state index in [0.717, 1.165) is 36.6 Å². The van der Waals surface area contributed by atoms with E-state index in [-0.39, 0.29) is 12.6 Å². The number of morpholine rings is 1. The number of benzene rings is 1. The lowest BCUT2D eigenvalue weighted by Gasteiger charge is -2.33. The summed E-state index contributed by atoms with van der Waals surface area (Å²) in [5.41, 5.74) is 2.04. The van der Waals surface area contributed by atoms with Gasteiger partial charge in [0, 0.05) is 6.54 Å². The van der Waals surface area contributed by atoms with Gasteiger partial charge in [-0.1, -0.05) is 12.1 Å². The molecule has 1 aliphatic heterocycles. The van der Waals surface area contributed by atoms with Gasteiger partial charge in [0.15, 0.2) is 0 Å². The highest BCUT2D eigenvalue weighted by atomic mass is 16.5. The number of imidazole rings is 1. The third kappa shape index (κ3) is 2.25. The number of nitrogens with zero attached hydrogens (tertiary/aromatic N) is 2. The second kappa shape index (κ2) is 5.06. The number of para-hydroxylation sites is 2. The fraction of sp³-hybridized carbons (Fsp3) is 0.462. The molecule has 96 valence electrons. The Balaban J connectivity index is 1.78. The molecule has 0 radical (unpaired) electrons. The average molecular weight is 247 g/mol. The largest absolute Gasteiger partial charge is 0.395 e. The van der Waals surface area contributed by atoms with Crippen molar-refractivity contribution >= 4 is 11.0 Å². The minimum atomic E-state index is 0.0759. The Hall–Kier alpha value is -1.43. The Morgan fingerprint density at radius 3 is 3.17 bits per heavy atom. The fourth-order valence-electron chi connectivity index (χ4n) is 2.34. The molecule has 5 nitrogen and oxygen atoms in total. The summed E-state index contributed by atoms with van der Waals surface area (Å²) in [6.45, 7) is 3.00. The number of aliphatic hydroxyl groups excluding tert-OH is 1. The molecule has 0 saturated carbocycles. The van der Waals surface area contributed by atoms with E-state index in [2.05, 4.69) is 14.9 Å². The van der Waals surface area contributed by atoms with Gasteiger partial charge in [-0.05, 0) is 12.1 Å². The van der Waals surface area contributed by atoms with E-state index < -0.39 is 0 Å². The molecule has 1 aliphatic rings. The number of aromatic nitrogens is 2. The van der Waals surface area contributed by atoms with Crippen LogP contribution < -0.4 is 0 Å². The highest BCUT2D eigenvalue weighted by Crippen LogP contribution is 2.14. The van der Waals surface area contributed by atoms with Crippen LogP contribution in [0.15, 0.2) is 24.3 Å². The predicted molar refractivity (Wildman–Crippen MR) is 68.2 cm³/mol. The van der Waals surface area contributed by atoms with Gasteiger partial charge in [-0.25, -0.2) is 4.98 Å². The molecule has 2 aromatic rings. The molecule has 1 fully saturated rings. The number of nitrogens with one attached hydrogen (secondary N) is 1. The second-order valence-electron chi connectivity index (χ2n) is 4.58. The molecule has 2 N–H and O–H groups in total. The first-order valence-electron chi connectivity index (χ1n) is 6.23. The number of H-pyrrole nitrogens is 1. The summed E-state index contributed by atoms with van der Waals surface area (Å²) >= 11 is 0. The van der Waals surface area contributed by atoms with Crippen molar-refractivity contribution in [3.8, 4) is 0 Å². The highest BCUT2D eigenvalue weighted by Gasteiger charge is 2.23. The van der Waals surface area contributed by atoms with E-state index >= 15 is 0 Å². The lowest BCUT2D eigenvalue weighted by molar-refractivity contribution is -0.0321. The van der Waals surface area contributed by atoms with Crippen LogP contribution in [0.5, 0.6) is 0 Å². The van der Waals surface area contributed by atoms with E-state index in [0.29, 0.717) is 6.61 Å². The van der Waals surface area contributed by atoms with Crippen LogP contribution in [0.4, 0.5) is 0 Å². The van der Waals surface area contributed by atoms with Gasteiger partial charge < -0.3 is 14.8 Å². The van der Waals surface area contributed by atoms with E-state index in [1.165, 1.54) is 0 Å². The van der Waals surface area contributed by atoms with E-state index in [4.69, 9.17) is 4.74 Å². The van der Waals surface area contributed by atoms with Gasteiger partial charge in [0.2, 0.25) is 0 Å². The van der Waals surface area contributed by atoms with Crippen LogP contribution in [0, 0.1) is 0 Å². The molecule has 1 atom stereocenters. The molecule has 18 heavy (non-hydrogen) atoms. The minimum absolute atomic E-state index is 0.0759. The van der Waals surface area contributed by atoms with Crippen molar-refractivity contribution in [3.05, 3.63) is 30.1 Å². The summed E-state index contributed by atoms with van der Waals surface area (Å²) in [6, 6.07) is 8.08. The van der Waals surface area contributed by atoms with Crippen molar-refractivity contribution in [2.45, 2.75) is 12.6 Å². The zero-order valence-corrected chi connectivity index (χ0v) is 10.2. The highest BCUT2D eigenvalue weighted by molar-refractivity contribution is 5.74. The maximum Gasteiger partial charge on any atom is 0.121 e. The number of aliphatic hydroxyl groups is 1. The van der Waals surface area contributed by atoms with Gasteiger partial charge in [-0.2, -0.15) is 0 Å². The van der Waals surface area contributed by atoms with Crippen molar-refractivity contribution in [1.29, 1.82) is 0 Å². The molecule has 1 aromatic carbocycles. The van der Waals surface area contributed by atoms with Gasteiger partial charge in [-0.15, -0.1) is 0 Å². The Morgan fingerprint density at radius 2 is 2.33 bits per heavy atom. The van der Waals surface area contributed by atoms with E-state index in [1.807, 2.05) is 24.3 Å². The molecule has 0 aliphatic carbocycles. The van der Waals surface area contributed by atoms with E-state index in [9.17, 15) is 5.11 Å². The SMILES string of the molecule is OCC1COCCN1Cc1nc2ccccc2[nH]1. The first-order valence-corrected chi connectivity index (χ1v) is 6.23. The third-order valence-electron chi connectivity index (χ3n) is 3.35. The van der Waals surface area contributed by atoms with Crippen molar-refractivity contribution in [1.82, 2.24) is 14.9 Å². The zero-order valence-electron chi connectivity index (χ0n) is 10.2. The molecular weight excluding hydrogens is 230 g/mol. The minimum Gasteiger partial charge on any atom is -0.395 e. The van der Waals surface area contributed by atoms with Crippen LogP contribution in [0.1, 0.15) is 5.82 Å². The quantitative estimate of drug-likeness (QED) is 0.840. The summed E-state index contributed by atoms with van der Waals surface area (Å²) in [7, 11) is 0. The van der Waals surface area contributed by atoms with Crippen LogP contribution >= 0.6 is 0 Å². The monoisotopic (exact) mass is 247 g/mol. The van der Waals surface area contributed by atoms with Crippen molar-refractivity contribution < 1.29 is 9.84 Å². The van der Waals surface area contributed by atoms with Crippen LogP contribution in [0.25, 0.3) is 11.0 Å². The van der Waals surface area contributed by atoms with Crippen molar-refractivity contribution in [2.75, 3.05) is 26.4 Å². The number of fused-ring (bicyclic) bond motifs is 1. The van der Waals surface area contributed by atoms with Crippen molar-refractivity contribution in [3.63, 3.8) is 0 Å². The maximum absolute atomic E-state index is 9.33. The molecular formula is C13H17N3O2. The summed E-state index contributed by atoms with van der Waals surface area (Å²) in [6.07, 6.45) is 0. The molecule has 0 amide bonds. The Kier molecular flexibility index (Phi) is 3.27. The second-order valence-corrected chi connectivity index (χ2v) is 4.58. The topological polar surface area (TPSA) is 61.4 Å². The number of hydrogen-bond donors (Lipinski definition) is 2. The lowest BCUT2D eigenvalue weighted by Crippen LogP contribution is -2.47. The van der Waals surface area contributed by atoms with Crippen LogP contribution in [-0.4, -0.2) is 52.4 Å². The smallest absolute Gasteiger partial charge is 0.121 e. The normalized spacial score (nSPS) is 21.5. The molecule has 2 heterocycles. The fourth-order valence-corrected chi connectivity index (χ4v) is 2.34. The molecule has 1 saturated heterocycles. The average Bonchev–Trinajstić information content (AvgIpc) is 2.81. The number of ether oxygens (including phenoxy) is 1. The molecule has 0 spiro atoms. The molecule has 0 bridgehead atoms. The number of aromatic amines is 1. The maximum atomic E-state index is 9.33. The first-order chi connectivity index (χ1) is 8.86. The molecule has 1 aromatic heterocycles. The number of hydrogen-bond acceptors (Lipinski definition) is 4. The lowest BCUT2D eigenvalue weighted by atomic mass is 10.2. The number of rotatable bonds is 3. The Bertz CT molecular complexity index is 493. The van der Waals surface area contributed by atoms with Gasteiger partial charge in [0.05, 0.1) is 43.4 Å². The summed E-state index contributed by atoms with van der Waals surface area (Å²) in [5.74, 6) is 0.941. The summed E-state index contributed by atoms with van der Waals surface area (Å²) in [4.78, 5) is 10.1. The van der Waals surface area contributed by atoms with Crippen LogP contribution in [-0.2, 0) is 11.3 Å². The summed E-state index contributed by atoms with van der Waals surface area (Å²) < 4.78 is 5.37. The van der Waals surface area contributed by atoms with Gasteiger partial charge in [-0.3, -0.25) is 4.90 Å². The zero-order chi connectivity index (χ0) is 12.4. The molecule has 3 rings (SSSR count). The van der Waals surface area contributed by atoms with Crippen LogP contribution in [0.2, 0.25) is 0 Å². The van der Waals surface area contributed by atoms with E-state index in [1.54, 1.807) is 0 Å². The van der Waals surface area contributed by atoms with Gasteiger partial charge >= 0.3 is 0 Å². The molecule has 5 heteroatoms. The summed E-state index contributed by atoms with van der Waals surface area (Å²) in [5, 5.41) is 9.33. The Morgan fingerprint density at radius 1 is 1.44 bits per heavy atom. The Labute approximate surface area is 105 Å².